The molecule has 0 aliphatic carbocycles. The van der Waals surface area contributed by atoms with Crippen LogP contribution in [0, 0.1) is 6.92 Å². The Kier molecular flexibility index (Phi) is 3.94. The fourth-order valence-electron chi connectivity index (χ4n) is 3.22. The van der Waals surface area contributed by atoms with Crippen LogP contribution in [0.25, 0.3) is 0 Å². The first-order valence-corrected chi connectivity index (χ1v) is 7.64. The lowest BCUT2D eigenvalue weighted by atomic mass is 9.87. The standard InChI is InChI=1S/C16H20N4O3/c1-12-13(5-10-23-12)14(21)19-8-3-6-16(11-19,15(22)17-2)20-9-4-7-18-20/h4-5,7,9-10H,3,6,8,11H2,1-2H3,(H,17,22). The summed E-state index contributed by atoms with van der Waals surface area (Å²) in [5.41, 5.74) is -0.331. The van der Waals surface area contributed by atoms with E-state index in [1.54, 1.807) is 48.1 Å². The lowest BCUT2D eigenvalue weighted by molar-refractivity contribution is -0.132. The Balaban J connectivity index is 1.93. The van der Waals surface area contributed by atoms with Crippen molar-refractivity contribution < 1.29 is 14.0 Å². The van der Waals surface area contributed by atoms with E-state index in [2.05, 4.69) is 10.4 Å². The van der Waals surface area contributed by atoms with Crippen LogP contribution in [0.3, 0.4) is 0 Å². The average molecular weight is 316 g/mol. The van der Waals surface area contributed by atoms with Gasteiger partial charge in [0.05, 0.1) is 18.4 Å². The van der Waals surface area contributed by atoms with Gasteiger partial charge in [0.25, 0.3) is 5.91 Å². The van der Waals surface area contributed by atoms with Crippen molar-refractivity contribution in [3.63, 3.8) is 0 Å². The molecule has 0 spiro atoms. The van der Waals surface area contributed by atoms with Crippen LogP contribution >= 0.6 is 0 Å². The number of piperidine rings is 1. The number of furan rings is 1. The summed E-state index contributed by atoms with van der Waals surface area (Å²) >= 11 is 0. The van der Waals surface area contributed by atoms with E-state index in [4.69, 9.17) is 4.42 Å². The van der Waals surface area contributed by atoms with Crippen molar-refractivity contribution in [3.05, 3.63) is 42.1 Å². The Morgan fingerprint density at radius 2 is 2.26 bits per heavy atom. The van der Waals surface area contributed by atoms with Crippen LogP contribution in [0.5, 0.6) is 0 Å². The van der Waals surface area contributed by atoms with Crippen LogP contribution < -0.4 is 5.32 Å². The lowest BCUT2D eigenvalue weighted by Crippen LogP contribution is -2.59. The largest absolute Gasteiger partial charge is 0.469 e. The molecule has 2 aromatic rings. The summed E-state index contributed by atoms with van der Waals surface area (Å²) in [6, 6.07) is 3.45. The second-order valence-electron chi connectivity index (χ2n) is 5.78. The molecule has 2 amide bonds. The number of nitrogens with zero attached hydrogens (tertiary/aromatic N) is 3. The monoisotopic (exact) mass is 316 g/mol. The van der Waals surface area contributed by atoms with E-state index in [1.165, 1.54) is 6.26 Å². The molecule has 1 aliphatic rings. The number of rotatable bonds is 3. The number of hydrogen-bond donors (Lipinski definition) is 1. The van der Waals surface area contributed by atoms with E-state index in [-0.39, 0.29) is 18.4 Å². The average Bonchev–Trinajstić information content (AvgIpc) is 3.25. The van der Waals surface area contributed by atoms with E-state index in [1.807, 2.05) is 0 Å². The zero-order chi connectivity index (χ0) is 16.4. The highest BCUT2D eigenvalue weighted by Crippen LogP contribution is 2.30. The number of aryl methyl sites for hydroxylation is 1. The number of carbonyl (C=O) groups excluding carboxylic acids is 2. The van der Waals surface area contributed by atoms with Crippen molar-refractivity contribution >= 4 is 11.8 Å². The van der Waals surface area contributed by atoms with E-state index < -0.39 is 5.54 Å². The summed E-state index contributed by atoms with van der Waals surface area (Å²) in [5, 5.41) is 6.97. The Hall–Kier alpha value is -2.57. The van der Waals surface area contributed by atoms with Gasteiger partial charge in [0.2, 0.25) is 5.91 Å². The summed E-state index contributed by atoms with van der Waals surface area (Å²) in [7, 11) is 1.61. The molecule has 23 heavy (non-hydrogen) atoms. The first-order chi connectivity index (χ1) is 11.1. The van der Waals surface area contributed by atoms with Gasteiger partial charge in [-0.1, -0.05) is 0 Å². The third-order valence-electron chi connectivity index (χ3n) is 4.44. The predicted molar refractivity (Wildman–Crippen MR) is 82.9 cm³/mol. The van der Waals surface area contributed by atoms with Crippen molar-refractivity contribution in [1.82, 2.24) is 20.0 Å². The topological polar surface area (TPSA) is 80.4 Å². The van der Waals surface area contributed by atoms with E-state index in [0.29, 0.717) is 24.3 Å². The maximum atomic E-state index is 12.8. The van der Waals surface area contributed by atoms with Crippen molar-refractivity contribution in [3.8, 4) is 0 Å². The summed E-state index contributed by atoms with van der Waals surface area (Å²) in [6.07, 6.45) is 6.29. The van der Waals surface area contributed by atoms with E-state index >= 15 is 0 Å². The zero-order valence-corrected chi connectivity index (χ0v) is 13.3. The number of likely N-dealkylation sites (tertiary alicyclic amines) is 1. The van der Waals surface area contributed by atoms with Crippen molar-refractivity contribution in [1.29, 1.82) is 0 Å². The van der Waals surface area contributed by atoms with Crippen molar-refractivity contribution in [2.24, 2.45) is 0 Å². The minimum absolute atomic E-state index is 0.114. The van der Waals surface area contributed by atoms with Gasteiger partial charge in [-0.05, 0) is 31.9 Å². The second-order valence-corrected chi connectivity index (χ2v) is 5.78. The maximum Gasteiger partial charge on any atom is 0.257 e. The molecule has 1 atom stereocenters. The fraction of sp³-hybridized carbons (Fsp3) is 0.438. The van der Waals surface area contributed by atoms with Gasteiger partial charge >= 0.3 is 0 Å². The molecule has 1 aliphatic heterocycles. The normalized spacial score (nSPS) is 21.2. The van der Waals surface area contributed by atoms with Crippen LogP contribution in [-0.4, -0.2) is 46.6 Å². The van der Waals surface area contributed by atoms with Crippen molar-refractivity contribution in [2.45, 2.75) is 25.3 Å². The molecular formula is C16H20N4O3. The minimum atomic E-state index is -0.871. The van der Waals surface area contributed by atoms with Crippen LogP contribution in [0.4, 0.5) is 0 Å². The molecule has 1 unspecified atom stereocenters. The van der Waals surface area contributed by atoms with Gasteiger partial charge in [-0.15, -0.1) is 0 Å². The molecule has 3 heterocycles. The highest BCUT2D eigenvalue weighted by Gasteiger charge is 2.45. The third kappa shape index (κ3) is 2.52. The number of nitrogens with one attached hydrogen (secondary N) is 1. The Morgan fingerprint density at radius 3 is 2.87 bits per heavy atom. The lowest BCUT2D eigenvalue weighted by Gasteiger charge is -2.41. The van der Waals surface area contributed by atoms with E-state index in [9.17, 15) is 9.59 Å². The maximum absolute atomic E-state index is 12.8. The minimum Gasteiger partial charge on any atom is -0.469 e. The Bertz CT molecular complexity index is 707. The van der Waals surface area contributed by atoms with Gasteiger partial charge in [0.15, 0.2) is 5.54 Å². The number of likely N-dealkylation sites (N-methyl/N-ethyl adjacent to an activating group) is 1. The predicted octanol–water partition coefficient (Wildman–Crippen LogP) is 1.16. The quantitative estimate of drug-likeness (QED) is 0.921. The van der Waals surface area contributed by atoms with Crippen LogP contribution in [0.15, 0.2) is 35.2 Å². The van der Waals surface area contributed by atoms with Crippen LogP contribution in [0.2, 0.25) is 0 Å². The van der Waals surface area contributed by atoms with Gasteiger partial charge < -0.3 is 14.6 Å². The molecule has 0 aromatic carbocycles. The molecule has 1 saturated heterocycles. The van der Waals surface area contributed by atoms with Crippen molar-refractivity contribution in [2.75, 3.05) is 20.1 Å². The molecule has 1 N–H and O–H groups in total. The summed E-state index contributed by atoms with van der Waals surface area (Å²) in [6.45, 7) is 2.66. The first-order valence-electron chi connectivity index (χ1n) is 7.64. The van der Waals surface area contributed by atoms with Gasteiger partial charge in [0, 0.05) is 26.0 Å². The Morgan fingerprint density at radius 1 is 1.43 bits per heavy atom. The number of aromatic nitrogens is 2. The van der Waals surface area contributed by atoms with E-state index in [0.717, 1.165) is 6.42 Å². The van der Waals surface area contributed by atoms with Gasteiger partial charge in [-0.2, -0.15) is 5.10 Å². The number of carbonyl (C=O) groups is 2. The SMILES string of the molecule is CNC(=O)C1(n2cccn2)CCCN(C(=O)c2ccoc2C)C1. The molecule has 7 nitrogen and oxygen atoms in total. The smallest absolute Gasteiger partial charge is 0.257 e. The van der Waals surface area contributed by atoms with Gasteiger partial charge in [0.1, 0.15) is 5.76 Å². The van der Waals surface area contributed by atoms with Gasteiger partial charge in [-0.25, -0.2) is 0 Å². The zero-order valence-electron chi connectivity index (χ0n) is 13.3. The molecule has 7 heteroatoms. The molecule has 2 aromatic heterocycles. The molecule has 3 rings (SSSR count). The first kappa shape index (κ1) is 15.3. The van der Waals surface area contributed by atoms with Gasteiger partial charge in [-0.3, -0.25) is 14.3 Å². The fourth-order valence-corrected chi connectivity index (χ4v) is 3.22. The van der Waals surface area contributed by atoms with Crippen LogP contribution in [0.1, 0.15) is 29.0 Å². The molecule has 0 saturated carbocycles. The summed E-state index contributed by atoms with van der Waals surface area (Å²) in [5.74, 6) is 0.337. The summed E-state index contributed by atoms with van der Waals surface area (Å²) < 4.78 is 6.89. The van der Waals surface area contributed by atoms with Crippen LogP contribution in [-0.2, 0) is 10.3 Å². The number of hydrogen-bond acceptors (Lipinski definition) is 4. The molecule has 0 radical (unpaired) electrons. The summed E-state index contributed by atoms with van der Waals surface area (Å²) in [4.78, 5) is 27.0. The number of amides is 2. The highest BCUT2D eigenvalue weighted by molar-refractivity contribution is 5.96. The second kappa shape index (κ2) is 5.91. The molecule has 1 fully saturated rings. The third-order valence-corrected chi connectivity index (χ3v) is 4.44. The highest BCUT2D eigenvalue weighted by atomic mass is 16.3. The molecule has 122 valence electrons. The molecule has 0 bridgehead atoms. The molecular weight excluding hydrogens is 296 g/mol. The Labute approximate surface area is 134 Å².